The van der Waals surface area contributed by atoms with Crippen LogP contribution in [0, 0.1) is 6.92 Å². The number of hydrogen-bond acceptors (Lipinski definition) is 7. The summed E-state index contributed by atoms with van der Waals surface area (Å²) in [5.74, 6) is 1.46. The van der Waals surface area contributed by atoms with E-state index in [1.54, 1.807) is 17.0 Å². The van der Waals surface area contributed by atoms with Gasteiger partial charge >= 0.3 is 0 Å². The first-order chi connectivity index (χ1) is 13.6. The van der Waals surface area contributed by atoms with Crippen LogP contribution in [0.2, 0.25) is 0 Å². The van der Waals surface area contributed by atoms with Crippen molar-refractivity contribution in [3.63, 3.8) is 0 Å². The summed E-state index contributed by atoms with van der Waals surface area (Å²) >= 11 is 0. The predicted octanol–water partition coefficient (Wildman–Crippen LogP) is 2.98. The summed E-state index contributed by atoms with van der Waals surface area (Å²) in [7, 11) is 3.04. The predicted molar refractivity (Wildman–Crippen MR) is 102 cm³/mol. The van der Waals surface area contributed by atoms with E-state index >= 15 is 0 Å². The lowest BCUT2D eigenvalue weighted by Crippen LogP contribution is -2.24. The molecule has 0 radical (unpaired) electrons. The molecule has 2 aromatic heterocycles. The molecule has 1 aliphatic heterocycles. The summed E-state index contributed by atoms with van der Waals surface area (Å²) in [6.45, 7) is 2.53. The van der Waals surface area contributed by atoms with Crippen LogP contribution in [-0.4, -0.2) is 41.8 Å². The smallest absolute Gasteiger partial charge is 0.263 e. The molecule has 1 fully saturated rings. The largest absolute Gasteiger partial charge is 0.481 e. The number of nitrogens with zero attached hydrogens (tertiary/aromatic N) is 4. The van der Waals surface area contributed by atoms with Crippen molar-refractivity contribution in [2.24, 2.45) is 0 Å². The summed E-state index contributed by atoms with van der Waals surface area (Å²) in [5, 5.41) is 4.09. The number of carbonyl (C=O) groups excluding carboxylic acids is 1. The molecule has 1 atom stereocenters. The quantitative estimate of drug-likeness (QED) is 0.672. The summed E-state index contributed by atoms with van der Waals surface area (Å²) in [4.78, 5) is 23.0. The summed E-state index contributed by atoms with van der Waals surface area (Å²) < 4.78 is 15.8. The maximum atomic E-state index is 12.5. The van der Waals surface area contributed by atoms with E-state index in [4.69, 9.17) is 14.0 Å². The molecule has 4 rings (SSSR count). The van der Waals surface area contributed by atoms with E-state index in [9.17, 15) is 4.79 Å². The van der Waals surface area contributed by atoms with Crippen LogP contribution in [0.1, 0.15) is 23.7 Å². The van der Waals surface area contributed by atoms with Gasteiger partial charge in [0.15, 0.2) is 5.82 Å². The number of pyridine rings is 1. The standard InChI is InChI=1S/C20H20N4O4/c1-12-4-6-14(7-5-12)24-11-13(10-17(24)25)18-22-20(28-23-18)15-8-9-16(26-2)21-19(15)27-3/h4-9,13H,10-11H2,1-3H3. The Kier molecular flexibility index (Phi) is 4.68. The lowest BCUT2D eigenvalue weighted by atomic mass is 10.1. The second-order valence-corrected chi connectivity index (χ2v) is 6.61. The Bertz CT molecular complexity index is 1000. The van der Waals surface area contributed by atoms with Gasteiger partial charge in [0, 0.05) is 30.6 Å². The van der Waals surface area contributed by atoms with Gasteiger partial charge in [-0.3, -0.25) is 4.79 Å². The van der Waals surface area contributed by atoms with Crippen molar-refractivity contribution >= 4 is 11.6 Å². The molecule has 28 heavy (non-hydrogen) atoms. The molecule has 8 nitrogen and oxygen atoms in total. The second kappa shape index (κ2) is 7.30. The fourth-order valence-corrected chi connectivity index (χ4v) is 3.22. The van der Waals surface area contributed by atoms with Crippen molar-refractivity contribution in [2.75, 3.05) is 25.7 Å². The zero-order chi connectivity index (χ0) is 19.7. The Morgan fingerprint density at radius 3 is 2.57 bits per heavy atom. The summed E-state index contributed by atoms with van der Waals surface area (Å²) in [5.41, 5.74) is 2.60. The number of aromatic nitrogens is 3. The Hall–Kier alpha value is -3.42. The monoisotopic (exact) mass is 380 g/mol. The minimum Gasteiger partial charge on any atom is -0.481 e. The number of benzene rings is 1. The van der Waals surface area contributed by atoms with E-state index in [0.29, 0.717) is 42.0 Å². The van der Waals surface area contributed by atoms with Crippen LogP contribution in [0.4, 0.5) is 5.69 Å². The molecule has 1 aliphatic rings. The van der Waals surface area contributed by atoms with E-state index in [-0.39, 0.29) is 11.8 Å². The number of anilines is 1. The first-order valence-electron chi connectivity index (χ1n) is 8.89. The molecule has 0 saturated carbocycles. The van der Waals surface area contributed by atoms with Gasteiger partial charge in [-0.25, -0.2) is 0 Å². The molecule has 1 unspecified atom stereocenters. The Morgan fingerprint density at radius 2 is 1.86 bits per heavy atom. The minimum absolute atomic E-state index is 0.0453. The van der Waals surface area contributed by atoms with Crippen molar-refractivity contribution < 1.29 is 18.8 Å². The number of methoxy groups -OCH3 is 2. The van der Waals surface area contributed by atoms with Gasteiger partial charge in [0.1, 0.15) is 5.56 Å². The molecule has 0 spiro atoms. The van der Waals surface area contributed by atoms with Crippen LogP contribution in [0.3, 0.4) is 0 Å². The summed E-state index contributed by atoms with van der Waals surface area (Å²) in [6, 6.07) is 11.3. The molecule has 3 heterocycles. The normalized spacial score (nSPS) is 16.5. The fourth-order valence-electron chi connectivity index (χ4n) is 3.22. The first kappa shape index (κ1) is 18.0. The van der Waals surface area contributed by atoms with Crippen LogP contribution < -0.4 is 14.4 Å². The highest BCUT2D eigenvalue weighted by atomic mass is 16.5. The van der Waals surface area contributed by atoms with Crippen LogP contribution in [0.15, 0.2) is 40.9 Å². The van der Waals surface area contributed by atoms with Gasteiger partial charge in [0.2, 0.25) is 17.7 Å². The van der Waals surface area contributed by atoms with Gasteiger partial charge in [0.25, 0.3) is 5.89 Å². The molecule has 1 amide bonds. The van der Waals surface area contributed by atoms with Crippen LogP contribution in [0.25, 0.3) is 11.5 Å². The molecule has 0 N–H and O–H groups in total. The average Bonchev–Trinajstić information content (AvgIpc) is 3.35. The lowest BCUT2D eigenvalue weighted by molar-refractivity contribution is -0.117. The number of aryl methyl sites for hydroxylation is 1. The van der Waals surface area contributed by atoms with Gasteiger partial charge in [-0.15, -0.1) is 0 Å². The average molecular weight is 380 g/mol. The fraction of sp³-hybridized carbons (Fsp3) is 0.300. The topological polar surface area (TPSA) is 90.6 Å². The number of amides is 1. The zero-order valence-electron chi connectivity index (χ0n) is 15.9. The Labute approximate surface area is 162 Å². The van der Waals surface area contributed by atoms with Gasteiger partial charge in [-0.1, -0.05) is 22.9 Å². The third-order valence-corrected chi connectivity index (χ3v) is 4.75. The first-order valence-corrected chi connectivity index (χ1v) is 8.89. The molecule has 3 aromatic rings. The van der Waals surface area contributed by atoms with Crippen molar-refractivity contribution in [3.8, 4) is 23.2 Å². The SMILES string of the molecule is COc1ccc(-c2nc(C3CC(=O)N(c4ccc(C)cc4)C3)no2)c(OC)n1. The molecule has 0 aliphatic carbocycles. The maximum Gasteiger partial charge on any atom is 0.263 e. The van der Waals surface area contributed by atoms with E-state index in [2.05, 4.69) is 15.1 Å². The summed E-state index contributed by atoms with van der Waals surface area (Å²) in [6.07, 6.45) is 0.338. The molecule has 0 bridgehead atoms. The Balaban J connectivity index is 1.57. The lowest BCUT2D eigenvalue weighted by Gasteiger charge is -2.16. The molecular formula is C20H20N4O4. The van der Waals surface area contributed by atoms with E-state index < -0.39 is 0 Å². The van der Waals surface area contributed by atoms with Gasteiger partial charge < -0.3 is 18.9 Å². The third-order valence-electron chi connectivity index (χ3n) is 4.75. The molecule has 1 saturated heterocycles. The highest BCUT2D eigenvalue weighted by Crippen LogP contribution is 2.33. The van der Waals surface area contributed by atoms with E-state index in [1.165, 1.54) is 14.2 Å². The molecule has 8 heteroatoms. The van der Waals surface area contributed by atoms with Crippen molar-refractivity contribution in [3.05, 3.63) is 47.8 Å². The molecule has 144 valence electrons. The van der Waals surface area contributed by atoms with Crippen LogP contribution in [-0.2, 0) is 4.79 Å². The van der Waals surface area contributed by atoms with E-state index in [1.807, 2.05) is 31.2 Å². The minimum atomic E-state index is -0.136. The van der Waals surface area contributed by atoms with E-state index in [0.717, 1.165) is 11.3 Å². The van der Waals surface area contributed by atoms with Gasteiger partial charge in [0.05, 0.1) is 14.2 Å². The van der Waals surface area contributed by atoms with Crippen LogP contribution >= 0.6 is 0 Å². The maximum absolute atomic E-state index is 12.5. The molecule has 1 aromatic carbocycles. The van der Waals surface area contributed by atoms with Gasteiger partial charge in [-0.05, 0) is 25.1 Å². The van der Waals surface area contributed by atoms with Crippen LogP contribution in [0.5, 0.6) is 11.8 Å². The Morgan fingerprint density at radius 1 is 1.07 bits per heavy atom. The highest BCUT2D eigenvalue weighted by molar-refractivity contribution is 5.96. The van der Waals surface area contributed by atoms with Crippen molar-refractivity contribution in [1.29, 1.82) is 0 Å². The number of carbonyl (C=O) groups is 1. The number of ether oxygens (including phenoxy) is 2. The zero-order valence-corrected chi connectivity index (χ0v) is 15.9. The molecular weight excluding hydrogens is 360 g/mol. The third kappa shape index (κ3) is 3.28. The second-order valence-electron chi connectivity index (χ2n) is 6.61. The highest BCUT2D eigenvalue weighted by Gasteiger charge is 2.34. The number of rotatable bonds is 5. The van der Waals surface area contributed by atoms with Crippen molar-refractivity contribution in [2.45, 2.75) is 19.3 Å². The van der Waals surface area contributed by atoms with Crippen molar-refractivity contribution in [1.82, 2.24) is 15.1 Å². The number of hydrogen-bond donors (Lipinski definition) is 0. The van der Waals surface area contributed by atoms with Gasteiger partial charge in [-0.2, -0.15) is 9.97 Å².